The second-order valence-corrected chi connectivity index (χ2v) is 5.77. The average molecular weight is 318 g/mol. The van der Waals surface area contributed by atoms with E-state index in [-0.39, 0.29) is 12.3 Å². The first-order chi connectivity index (χ1) is 10.6. The molecule has 0 unspecified atom stereocenters. The van der Waals surface area contributed by atoms with Crippen LogP contribution in [0.25, 0.3) is 10.6 Å². The maximum atomic E-state index is 11.9. The van der Waals surface area contributed by atoms with E-state index in [1.807, 2.05) is 31.2 Å². The summed E-state index contributed by atoms with van der Waals surface area (Å²) >= 11 is 1.38. The number of rotatable bonds is 7. The summed E-state index contributed by atoms with van der Waals surface area (Å²) in [5.41, 5.74) is 2.05. The number of unbranched alkanes of at least 4 members (excludes halogenated alkanes) is 1. The Hall–Kier alpha value is -2.21. The molecule has 0 saturated heterocycles. The van der Waals surface area contributed by atoms with Gasteiger partial charge in [0, 0.05) is 17.4 Å². The van der Waals surface area contributed by atoms with Crippen LogP contribution in [-0.2, 0) is 16.0 Å². The lowest BCUT2D eigenvalue weighted by Gasteiger charge is -2.09. The monoisotopic (exact) mass is 318 g/mol. The lowest BCUT2D eigenvalue weighted by Crippen LogP contribution is -2.11. The number of aliphatic carboxylic acids is 1. The van der Waals surface area contributed by atoms with E-state index in [1.165, 1.54) is 11.3 Å². The van der Waals surface area contributed by atoms with Crippen molar-refractivity contribution in [2.75, 3.05) is 5.32 Å². The van der Waals surface area contributed by atoms with Gasteiger partial charge in [0.25, 0.3) is 0 Å². The summed E-state index contributed by atoms with van der Waals surface area (Å²) in [6.07, 6.45) is 2.22. The summed E-state index contributed by atoms with van der Waals surface area (Å²) in [4.78, 5) is 27.0. The van der Waals surface area contributed by atoms with Crippen LogP contribution in [0.1, 0.15) is 31.9 Å². The van der Waals surface area contributed by atoms with Crippen LogP contribution in [-0.4, -0.2) is 22.0 Å². The summed E-state index contributed by atoms with van der Waals surface area (Å²) in [7, 11) is 0. The minimum Gasteiger partial charge on any atom is -0.481 e. The third kappa shape index (κ3) is 4.39. The number of hydrogen-bond acceptors (Lipinski definition) is 4. The van der Waals surface area contributed by atoms with Crippen LogP contribution in [0.4, 0.5) is 5.69 Å². The van der Waals surface area contributed by atoms with Crippen LogP contribution in [0.5, 0.6) is 0 Å². The van der Waals surface area contributed by atoms with Gasteiger partial charge >= 0.3 is 5.97 Å². The standard InChI is InChI=1S/C16H18N2O3S/c1-2-3-8-14(19)18-13-7-5-4-6-12(13)16-17-11(10-22-16)9-15(20)21/h4-7,10H,2-3,8-9H2,1H3,(H,18,19)(H,20,21). The average Bonchev–Trinajstić information content (AvgIpc) is 2.93. The third-order valence-electron chi connectivity index (χ3n) is 3.07. The number of amides is 1. The fourth-order valence-corrected chi connectivity index (χ4v) is 2.85. The molecule has 1 amide bonds. The lowest BCUT2D eigenvalue weighted by molar-refractivity contribution is -0.136. The number of benzene rings is 1. The molecular formula is C16H18N2O3S. The number of para-hydroxylation sites is 1. The summed E-state index contributed by atoms with van der Waals surface area (Å²) in [6, 6.07) is 7.43. The third-order valence-corrected chi connectivity index (χ3v) is 4.00. The van der Waals surface area contributed by atoms with Gasteiger partial charge in [-0.15, -0.1) is 11.3 Å². The number of anilines is 1. The molecule has 0 aliphatic rings. The van der Waals surface area contributed by atoms with E-state index in [0.717, 1.165) is 18.4 Å². The zero-order valence-electron chi connectivity index (χ0n) is 12.3. The van der Waals surface area contributed by atoms with Crippen molar-refractivity contribution >= 4 is 28.9 Å². The van der Waals surface area contributed by atoms with Crippen LogP contribution in [0.3, 0.4) is 0 Å². The molecule has 22 heavy (non-hydrogen) atoms. The quantitative estimate of drug-likeness (QED) is 0.818. The van der Waals surface area contributed by atoms with Crippen molar-refractivity contribution in [3.63, 3.8) is 0 Å². The molecular weight excluding hydrogens is 300 g/mol. The Labute approximate surface area is 133 Å². The van der Waals surface area contributed by atoms with E-state index in [0.29, 0.717) is 22.8 Å². The molecule has 2 aromatic rings. The van der Waals surface area contributed by atoms with Gasteiger partial charge < -0.3 is 10.4 Å². The summed E-state index contributed by atoms with van der Waals surface area (Å²) in [5, 5.41) is 14.2. The molecule has 116 valence electrons. The van der Waals surface area contributed by atoms with Crippen molar-refractivity contribution in [2.24, 2.45) is 0 Å². The second kappa shape index (κ2) is 7.70. The Bertz CT molecular complexity index is 667. The summed E-state index contributed by atoms with van der Waals surface area (Å²) in [6.45, 7) is 2.04. The number of nitrogens with one attached hydrogen (secondary N) is 1. The molecule has 2 rings (SSSR count). The number of carboxylic acid groups (broad SMARTS) is 1. The summed E-state index contributed by atoms with van der Waals surface area (Å²) in [5.74, 6) is -0.922. The van der Waals surface area contributed by atoms with Gasteiger partial charge in [-0.1, -0.05) is 25.5 Å². The van der Waals surface area contributed by atoms with Crippen molar-refractivity contribution in [1.82, 2.24) is 4.98 Å². The van der Waals surface area contributed by atoms with Gasteiger partial charge in [0.05, 0.1) is 17.8 Å². The molecule has 1 heterocycles. The molecule has 1 aromatic heterocycles. The predicted molar refractivity (Wildman–Crippen MR) is 87.0 cm³/mol. The molecule has 2 N–H and O–H groups in total. The molecule has 0 aliphatic heterocycles. The number of nitrogens with zero attached hydrogens (tertiary/aromatic N) is 1. The van der Waals surface area contributed by atoms with E-state index in [1.54, 1.807) is 5.38 Å². The first-order valence-electron chi connectivity index (χ1n) is 7.15. The highest BCUT2D eigenvalue weighted by Gasteiger charge is 2.12. The molecule has 5 nitrogen and oxygen atoms in total. The first kappa shape index (κ1) is 16.2. The number of thiazole rings is 1. The van der Waals surface area contributed by atoms with Crippen molar-refractivity contribution in [3.05, 3.63) is 35.3 Å². The van der Waals surface area contributed by atoms with Crippen molar-refractivity contribution < 1.29 is 14.7 Å². The SMILES string of the molecule is CCCCC(=O)Nc1ccccc1-c1nc(CC(=O)O)cs1. The van der Waals surface area contributed by atoms with Gasteiger partial charge in [-0.05, 0) is 18.6 Å². The maximum absolute atomic E-state index is 11.9. The first-order valence-corrected chi connectivity index (χ1v) is 8.03. The Morgan fingerprint density at radius 2 is 2.09 bits per heavy atom. The number of carbonyl (C=O) groups is 2. The number of aromatic nitrogens is 1. The fourth-order valence-electron chi connectivity index (χ4n) is 2.00. The van der Waals surface area contributed by atoms with Crippen LogP contribution < -0.4 is 5.32 Å². The highest BCUT2D eigenvalue weighted by molar-refractivity contribution is 7.13. The highest BCUT2D eigenvalue weighted by Crippen LogP contribution is 2.30. The van der Waals surface area contributed by atoms with Gasteiger partial charge in [0.2, 0.25) is 5.91 Å². The Morgan fingerprint density at radius 1 is 1.32 bits per heavy atom. The highest BCUT2D eigenvalue weighted by atomic mass is 32.1. The van der Waals surface area contributed by atoms with Gasteiger partial charge in [-0.25, -0.2) is 4.98 Å². The minimum atomic E-state index is -0.905. The molecule has 0 saturated carbocycles. The van der Waals surface area contributed by atoms with Crippen molar-refractivity contribution in [3.8, 4) is 10.6 Å². The zero-order valence-corrected chi connectivity index (χ0v) is 13.2. The summed E-state index contributed by atoms with van der Waals surface area (Å²) < 4.78 is 0. The smallest absolute Gasteiger partial charge is 0.309 e. The van der Waals surface area contributed by atoms with Crippen LogP contribution >= 0.6 is 11.3 Å². The van der Waals surface area contributed by atoms with E-state index in [4.69, 9.17) is 5.11 Å². The molecule has 0 aliphatic carbocycles. The molecule has 0 bridgehead atoms. The predicted octanol–water partition coefficient (Wildman–Crippen LogP) is 3.57. The molecule has 0 radical (unpaired) electrons. The Morgan fingerprint density at radius 3 is 2.82 bits per heavy atom. The Kier molecular flexibility index (Phi) is 5.66. The van der Waals surface area contributed by atoms with Gasteiger partial charge in [-0.3, -0.25) is 9.59 Å². The van der Waals surface area contributed by atoms with Crippen molar-refractivity contribution in [1.29, 1.82) is 0 Å². The lowest BCUT2D eigenvalue weighted by atomic mass is 10.1. The van der Waals surface area contributed by atoms with Crippen molar-refractivity contribution in [2.45, 2.75) is 32.6 Å². The Balaban J connectivity index is 2.19. The van der Waals surface area contributed by atoms with E-state index in [9.17, 15) is 9.59 Å². The number of carboxylic acids is 1. The van der Waals surface area contributed by atoms with E-state index >= 15 is 0 Å². The number of hydrogen-bond donors (Lipinski definition) is 2. The topological polar surface area (TPSA) is 79.3 Å². The van der Waals surface area contributed by atoms with Crippen LogP contribution in [0.15, 0.2) is 29.6 Å². The molecule has 1 aromatic carbocycles. The molecule has 0 atom stereocenters. The molecule has 0 spiro atoms. The van der Waals surface area contributed by atoms with Crippen LogP contribution in [0.2, 0.25) is 0 Å². The normalized spacial score (nSPS) is 10.4. The van der Waals surface area contributed by atoms with E-state index < -0.39 is 5.97 Å². The van der Waals surface area contributed by atoms with Gasteiger partial charge in [-0.2, -0.15) is 0 Å². The van der Waals surface area contributed by atoms with E-state index in [2.05, 4.69) is 10.3 Å². The second-order valence-electron chi connectivity index (χ2n) is 4.91. The zero-order chi connectivity index (χ0) is 15.9. The maximum Gasteiger partial charge on any atom is 0.309 e. The molecule has 0 fully saturated rings. The fraction of sp³-hybridized carbons (Fsp3) is 0.312. The van der Waals surface area contributed by atoms with Gasteiger partial charge in [0.1, 0.15) is 5.01 Å². The number of carbonyl (C=O) groups excluding carboxylic acids is 1. The van der Waals surface area contributed by atoms with Crippen LogP contribution in [0, 0.1) is 0 Å². The largest absolute Gasteiger partial charge is 0.481 e. The molecule has 6 heteroatoms. The van der Waals surface area contributed by atoms with Gasteiger partial charge in [0.15, 0.2) is 0 Å². The minimum absolute atomic E-state index is 0.0170.